The number of carbonyl (C=O) groups is 2. The number of hydrogen-bond donors (Lipinski definition) is 0. The molecule has 28 heavy (non-hydrogen) atoms. The first-order chi connectivity index (χ1) is 13.2. The molecule has 0 unspecified atom stereocenters. The number of aryl methyl sites for hydroxylation is 2. The number of carbonyl (C=O) groups excluding carboxylic acids is 2. The highest BCUT2D eigenvalue weighted by Crippen LogP contribution is 2.28. The third-order valence-corrected chi connectivity index (χ3v) is 5.54. The molecule has 0 aromatic carbocycles. The number of ether oxygens (including phenoxy) is 1. The Morgan fingerprint density at radius 1 is 1.21 bits per heavy atom. The van der Waals surface area contributed by atoms with Crippen molar-refractivity contribution in [3.63, 3.8) is 0 Å². The van der Waals surface area contributed by atoms with E-state index < -0.39 is 0 Å². The molecular weight excluding hydrogens is 360 g/mol. The monoisotopic (exact) mass is 386 g/mol. The normalized spacial score (nSPS) is 20.5. The summed E-state index contributed by atoms with van der Waals surface area (Å²) in [5.74, 6) is -0.139. The minimum atomic E-state index is -0.245. The second-order valence-corrected chi connectivity index (χ2v) is 8.56. The lowest BCUT2D eigenvalue weighted by Crippen LogP contribution is -2.55. The summed E-state index contributed by atoms with van der Waals surface area (Å²) < 4.78 is 7.00. The van der Waals surface area contributed by atoms with Gasteiger partial charge < -0.3 is 14.5 Å². The number of fused-ring (bicyclic) bond motifs is 1. The lowest BCUT2D eigenvalue weighted by Gasteiger charge is -2.44. The van der Waals surface area contributed by atoms with Crippen molar-refractivity contribution in [2.45, 2.75) is 46.6 Å². The molecule has 0 atom stereocenters. The van der Waals surface area contributed by atoms with Crippen LogP contribution in [-0.2, 0) is 4.74 Å². The topological polar surface area (TPSA) is 92.9 Å². The summed E-state index contributed by atoms with van der Waals surface area (Å²) in [6.45, 7) is 10.2. The second-order valence-electron chi connectivity index (χ2n) is 8.56. The maximum Gasteiger partial charge on any atom is 0.410 e. The molecule has 2 aliphatic heterocycles. The van der Waals surface area contributed by atoms with Crippen molar-refractivity contribution in [1.82, 2.24) is 29.6 Å². The quantitative estimate of drug-likeness (QED) is 0.782. The van der Waals surface area contributed by atoms with Crippen LogP contribution in [0.25, 0.3) is 5.65 Å². The third-order valence-electron chi connectivity index (χ3n) is 5.54. The van der Waals surface area contributed by atoms with Crippen molar-refractivity contribution in [2.24, 2.45) is 5.41 Å². The summed E-state index contributed by atoms with van der Waals surface area (Å²) in [4.78, 5) is 28.8. The highest BCUT2D eigenvalue weighted by Gasteiger charge is 2.38. The molecule has 2 aliphatic rings. The Labute approximate surface area is 163 Å². The van der Waals surface area contributed by atoms with Gasteiger partial charge in [-0.25, -0.2) is 9.31 Å². The molecule has 0 N–H and O–H groups in total. The Balaban J connectivity index is 1.46. The largest absolute Gasteiger partial charge is 0.449 e. The van der Waals surface area contributed by atoms with E-state index in [-0.39, 0.29) is 23.5 Å². The number of rotatable bonds is 2. The fourth-order valence-corrected chi connectivity index (χ4v) is 4.00. The molecule has 150 valence electrons. The lowest BCUT2D eigenvalue weighted by molar-refractivity contribution is -0.0154. The van der Waals surface area contributed by atoms with Gasteiger partial charge in [0.2, 0.25) is 0 Å². The van der Waals surface area contributed by atoms with Crippen molar-refractivity contribution in [2.75, 3.05) is 26.2 Å². The minimum absolute atomic E-state index is 0.0507. The molecule has 4 rings (SSSR count). The molecule has 0 radical (unpaired) electrons. The first-order valence-corrected chi connectivity index (χ1v) is 9.67. The lowest BCUT2D eigenvalue weighted by atomic mass is 9.91. The van der Waals surface area contributed by atoms with Gasteiger partial charge in [0.25, 0.3) is 5.91 Å². The van der Waals surface area contributed by atoms with Crippen LogP contribution in [0.5, 0.6) is 0 Å². The summed E-state index contributed by atoms with van der Waals surface area (Å²) in [6.07, 6.45) is 1.21. The van der Waals surface area contributed by atoms with Gasteiger partial charge in [-0.1, -0.05) is 13.8 Å². The van der Waals surface area contributed by atoms with E-state index >= 15 is 0 Å². The van der Waals surface area contributed by atoms with Gasteiger partial charge in [-0.15, -0.1) is 10.2 Å². The second kappa shape index (κ2) is 6.72. The molecule has 0 spiro atoms. The van der Waals surface area contributed by atoms with E-state index in [1.807, 2.05) is 24.8 Å². The van der Waals surface area contributed by atoms with Gasteiger partial charge >= 0.3 is 6.09 Å². The van der Waals surface area contributed by atoms with Crippen LogP contribution < -0.4 is 0 Å². The van der Waals surface area contributed by atoms with Gasteiger partial charge in [0.05, 0.1) is 18.0 Å². The maximum absolute atomic E-state index is 13.0. The van der Waals surface area contributed by atoms with Gasteiger partial charge in [-0.2, -0.15) is 5.10 Å². The number of hydrogen-bond acceptors (Lipinski definition) is 6. The predicted octanol–water partition coefficient (Wildman–Crippen LogP) is 1.82. The molecule has 2 aromatic rings. The number of aromatic nitrogens is 4. The summed E-state index contributed by atoms with van der Waals surface area (Å²) in [6, 6.07) is 1.93. The standard InChI is InChI=1S/C19H26N6O3/c1-12-9-15-20-21-16(13(2)25(15)22-12)17(26)23-7-5-14(6-8-23)24-10-19(3,4)11-28-18(24)27/h9,14H,5-8,10-11H2,1-4H3. The first kappa shape index (κ1) is 18.6. The molecule has 2 amide bonds. The number of nitrogens with zero attached hydrogens (tertiary/aromatic N) is 6. The van der Waals surface area contributed by atoms with Gasteiger partial charge in [0.15, 0.2) is 11.3 Å². The van der Waals surface area contributed by atoms with E-state index in [4.69, 9.17) is 4.74 Å². The molecule has 0 saturated carbocycles. The summed E-state index contributed by atoms with van der Waals surface area (Å²) in [7, 11) is 0. The zero-order chi connectivity index (χ0) is 20.1. The van der Waals surface area contributed by atoms with E-state index in [9.17, 15) is 9.59 Å². The maximum atomic E-state index is 13.0. The molecule has 0 bridgehead atoms. The van der Waals surface area contributed by atoms with Crippen LogP contribution in [0.1, 0.15) is 48.6 Å². The molecule has 2 aromatic heterocycles. The fraction of sp³-hybridized carbons (Fsp3) is 0.632. The average Bonchev–Trinajstić information content (AvgIpc) is 3.05. The SMILES string of the molecule is Cc1cc2nnc(C(=O)N3CCC(N4CC(C)(C)COC4=O)CC3)c(C)n2n1. The van der Waals surface area contributed by atoms with E-state index in [2.05, 4.69) is 29.1 Å². The van der Waals surface area contributed by atoms with Crippen molar-refractivity contribution in [3.8, 4) is 0 Å². The number of amides is 2. The molecule has 2 fully saturated rings. The van der Waals surface area contributed by atoms with Crippen LogP contribution >= 0.6 is 0 Å². The number of cyclic esters (lactones) is 1. The van der Waals surface area contributed by atoms with Crippen LogP contribution in [-0.4, -0.2) is 73.9 Å². The van der Waals surface area contributed by atoms with E-state index in [0.29, 0.717) is 43.3 Å². The van der Waals surface area contributed by atoms with Crippen molar-refractivity contribution in [1.29, 1.82) is 0 Å². The third kappa shape index (κ3) is 3.29. The van der Waals surface area contributed by atoms with Crippen molar-refractivity contribution >= 4 is 17.6 Å². The highest BCUT2D eigenvalue weighted by molar-refractivity contribution is 5.93. The summed E-state index contributed by atoms with van der Waals surface area (Å²) in [5, 5.41) is 12.7. The van der Waals surface area contributed by atoms with Crippen LogP contribution in [0, 0.1) is 19.3 Å². The molecule has 9 heteroatoms. The van der Waals surface area contributed by atoms with E-state index in [1.54, 1.807) is 9.42 Å². The number of likely N-dealkylation sites (tertiary alicyclic amines) is 1. The molecule has 4 heterocycles. The first-order valence-electron chi connectivity index (χ1n) is 9.67. The van der Waals surface area contributed by atoms with Gasteiger partial charge in [-0.3, -0.25) is 4.79 Å². The van der Waals surface area contributed by atoms with Crippen LogP contribution in [0.15, 0.2) is 6.07 Å². The van der Waals surface area contributed by atoms with E-state index in [1.165, 1.54) is 0 Å². The predicted molar refractivity (Wildman–Crippen MR) is 101 cm³/mol. The fourth-order valence-electron chi connectivity index (χ4n) is 4.00. The number of piperidine rings is 1. The zero-order valence-corrected chi connectivity index (χ0v) is 16.8. The summed E-state index contributed by atoms with van der Waals surface area (Å²) in [5.41, 5.74) is 2.43. The van der Waals surface area contributed by atoms with Crippen molar-refractivity contribution < 1.29 is 14.3 Å². The Hall–Kier alpha value is -2.71. The molecule has 2 saturated heterocycles. The highest BCUT2D eigenvalue weighted by atomic mass is 16.6. The molecule has 9 nitrogen and oxygen atoms in total. The van der Waals surface area contributed by atoms with Crippen LogP contribution in [0.4, 0.5) is 4.79 Å². The average molecular weight is 386 g/mol. The Morgan fingerprint density at radius 2 is 1.93 bits per heavy atom. The van der Waals surface area contributed by atoms with E-state index in [0.717, 1.165) is 18.5 Å². The summed E-state index contributed by atoms with van der Waals surface area (Å²) >= 11 is 0. The zero-order valence-electron chi connectivity index (χ0n) is 16.8. The minimum Gasteiger partial charge on any atom is -0.449 e. The Bertz CT molecular complexity index is 929. The molecular formula is C19H26N6O3. The smallest absolute Gasteiger partial charge is 0.410 e. The van der Waals surface area contributed by atoms with Crippen molar-refractivity contribution in [3.05, 3.63) is 23.1 Å². The van der Waals surface area contributed by atoms with Gasteiger partial charge in [0, 0.05) is 37.2 Å². The Kier molecular flexibility index (Phi) is 4.47. The van der Waals surface area contributed by atoms with Crippen LogP contribution in [0.3, 0.4) is 0 Å². The molecule has 0 aliphatic carbocycles. The van der Waals surface area contributed by atoms with Gasteiger partial charge in [-0.05, 0) is 26.7 Å². The Morgan fingerprint density at radius 3 is 2.64 bits per heavy atom. The van der Waals surface area contributed by atoms with Crippen LogP contribution in [0.2, 0.25) is 0 Å². The van der Waals surface area contributed by atoms with Gasteiger partial charge in [0.1, 0.15) is 0 Å².